The Morgan fingerprint density at radius 2 is 1.84 bits per heavy atom. The maximum atomic E-state index is 9.52. The fourth-order valence-electron chi connectivity index (χ4n) is 2.94. The van der Waals surface area contributed by atoms with Crippen LogP contribution in [0.1, 0.15) is 54.7 Å². The topological polar surface area (TPSA) is 62.5 Å². The summed E-state index contributed by atoms with van der Waals surface area (Å²) in [6, 6.07) is 12.5. The molecular formula is C20H26N4O. The highest BCUT2D eigenvalue weighted by Crippen LogP contribution is 2.26. The van der Waals surface area contributed by atoms with E-state index in [1.807, 2.05) is 17.5 Å². The monoisotopic (exact) mass is 338 g/mol. The third kappa shape index (κ3) is 3.82. The number of anilines is 1. The van der Waals surface area contributed by atoms with E-state index in [0.717, 1.165) is 28.4 Å². The molecule has 0 unspecified atom stereocenters. The summed E-state index contributed by atoms with van der Waals surface area (Å²) in [6.07, 6.45) is 0.629. The molecule has 5 nitrogen and oxygen atoms in total. The molecule has 1 atom stereocenters. The number of nitrogens with zero attached hydrogens (tertiary/aromatic N) is 3. The Labute approximate surface area is 148 Å². The number of aliphatic hydroxyl groups is 1. The lowest BCUT2D eigenvalue weighted by Gasteiger charge is -2.21. The Kier molecular flexibility index (Phi) is 5.04. The number of aliphatic hydroxyl groups excluding tert-OH is 1. The zero-order valence-corrected chi connectivity index (χ0v) is 15.3. The number of hydrogen-bond acceptors (Lipinski definition) is 4. The van der Waals surface area contributed by atoms with Gasteiger partial charge in [0.1, 0.15) is 5.82 Å². The van der Waals surface area contributed by atoms with Crippen LogP contribution in [0.15, 0.2) is 36.4 Å². The first kappa shape index (κ1) is 17.4. The van der Waals surface area contributed by atoms with E-state index >= 15 is 0 Å². The molecule has 0 radical (unpaired) electrons. The average molecular weight is 338 g/mol. The van der Waals surface area contributed by atoms with Gasteiger partial charge in [-0.1, -0.05) is 43.7 Å². The normalized spacial score (nSPS) is 12.7. The molecule has 0 bridgehead atoms. The molecule has 0 saturated heterocycles. The van der Waals surface area contributed by atoms with Crippen molar-refractivity contribution in [3.63, 3.8) is 0 Å². The van der Waals surface area contributed by atoms with Crippen molar-refractivity contribution >= 4 is 11.5 Å². The lowest BCUT2D eigenvalue weighted by atomic mass is 10.0. The van der Waals surface area contributed by atoms with E-state index in [-0.39, 0.29) is 12.6 Å². The number of benzene rings is 1. The van der Waals surface area contributed by atoms with E-state index in [2.05, 4.69) is 61.5 Å². The van der Waals surface area contributed by atoms with Crippen molar-refractivity contribution in [2.75, 3.05) is 11.9 Å². The van der Waals surface area contributed by atoms with Gasteiger partial charge in [0.25, 0.3) is 0 Å². The van der Waals surface area contributed by atoms with E-state index in [9.17, 15) is 5.11 Å². The summed E-state index contributed by atoms with van der Waals surface area (Å²) in [4.78, 5) is 4.70. The standard InChI is InChI=1S/C20H26N4O/c1-13(2)18-12-20(24-19(22-18)11-15(4)23-24)21-17(9-10-25)16-7-5-14(3)6-8-16/h5-8,11-13,17,21,25H,9-10H2,1-4H3/t17-/m0/s1. The van der Waals surface area contributed by atoms with Gasteiger partial charge in [-0.3, -0.25) is 0 Å². The summed E-state index contributed by atoms with van der Waals surface area (Å²) in [5.41, 5.74) is 5.19. The summed E-state index contributed by atoms with van der Waals surface area (Å²) in [5.74, 6) is 1.23. The smallest absolute Gasteiger partial charge is 0.157 e. The third-order valence-corrected chi connectivity index (χ3v) is 4.38. The van der Waals surface area contributed by atoms with Crippen LogP contribution in [-0.2, 0) is 0 Å². The zero-order chi connectivity index (χ0) is 18.0. The number of fused-ring (bicyclic) bond motifs is 1. The second kappa shape index (κ2) is 7.23. The van der Waals surface area contributed by atoms with Gasteiger partial charge in [0, 0.05) is 24.4 Å². The van der Waals surface area contributed by atoms with Crippen molar-refractivity contribution < 1.29 is 5.11 Å². The van der Waals surface area contributed by atoms with Gasteiger partial charge in [0.05, 0.1) is 11.7 Å². The highest BCUT2D eigenvalue weighted by molar-refractivity contribution is 5.52. The molecule has 5 heteroatoms. The second-order valence-electron chi connectivity index (χ2n) is 6.90. The van der Waals surface area contributed by atoms with Crippen molar-refractivity contribution in [1.82, 2.24) is 14.6 Å². The van der Waals surface area contributed by atoms with Gasteiger partial charge < -0.3 is 10.4 Å². The van der Waals surface area contributed by atoms with Gasteiger partial charge in [-0.25, -0.2) is 4.98 Å². The summed E-state index contributed by atoms with van der Waals surface area (Å²) in [5, 5.41) is 17.6. The minimum Gasteiger partial charge on any atom is -0.396 e. The molecule has 0 aliphatic carbocycles. The average Bonchev–Trinajstić information content (AvgIpc) is 2.95. The first-order valence-corrected chi connectivity index (χ1v) is 8.79. The SMILES string of the molecule is Cc1ccc([C@H](CCO)Nc2cc(C(C)C)nc3cc(C)nn23)cc1. The lowest BCUT2D eigenvalue weighted by Crippen LogP contribution is -2.16. The first-order chi connectivity index (χ1) is 12.0. The van der Waals surface area contributed by atoms with Crippen LogP contribution in [0.25, 0.3) is 5.65 Å². The number of aryl methyl sites for hydroxylation is 2. The molecule has 0 aliphatic heterocycles. The molecule has 25 heavy (non-hydrogen) atoms. The van der Waals surface area contributed by atoms with Gasteiger partial charge in [-0.15, -0.1) is 0 Å². The minimum atomic E-state index is 0.0146. The largest absolute Gasteiger partial charge is 0.396 e. The van der Waals surface area contributed by atoms with Crippen molar-refractivity contribution in [3.05, 3.63) is 58.9 Å². The second-order valence-corrected chi connectivity index (χ2v) is 6.90. The number of aromatic nitrogens is 3. The molecule has 0 fully saturated rings. The molecular weight excluding hydrogens is 312 g/mol. The molecule has 0 spiro atoms. The molecule has 1 aromatic carbocycles. The quantitative estimate of drug-likeness (QED) is 0.713. The highest BCUT2D eigenvalue weighted by Gasteiger charge is 2.16. The molecule has 132 valence electrons. The highest BCUT2D eigenvalue weighted by atomic mass is 16.3. The molecule has 2 heterocycles. The van der Waals surface area contributed by atoms with Crippen LogP contribution < -0.4 is 5.32 Å². The predicted octanol–water partition coefficient (Wildman–Crippen LogP) is 4.01. The summed E-state index contributed by atoms with van der Waals surface area (Å²) in [7, 11) is 0. The Bertz CT molecular complexity index is 852. The molecule has 2 aromatic heterocycles. The van der Waals surface area contributed by atoms with Crippen LogP contribution in [0.4, 0.5) is 5.82 Å². The molecule has 0 amide bonds. The first-order valence-electron chi connectivity index (χ1n) is 8.79. The Morgan fingerprint density at radius 1 is 1.12 bits per heavy atom. The molecule has 0 aliphatic rings. The molecule has 3 rings (SSSR count). The summed E-state index contributed by atoms with van der Waals surface area (Å²) >= 11 is 0. The van der Waals surface area contributed by atoms with Gasteiger partial charge in [0.15, 0.2) is 5.65 Å². The van der Waals surface area contributed by atoms with E-state index in [4.69, 9.17) is 4.98 Å². The lowest BCUT2D eigenvalue weighted by molar-refractivity contribution is 0.280. The van der Waals surface area contributed by atoms with Crippen LogP contribution in [0.2, 0.25) is 0 Å². The van der Waals surface area contributed by atoms with E-state index in [1.165, 1.54) is 5.56 Å². The van der Waals surface area contributed by atoms with E-state index in [0.29, 0.717) is 12.3 Å². The predicted molar refractivity (Wildman–Crippen MR) is 101 cm³/mol. The summed E-state index contributed by atoms with van der Waals surface area (Å²) in [6.45, 7) is 8.44. The Balaban J connectivity index is 2.02. The van der Waals surface area contributed by atoms with Crippen LogP contribution >= 0.6 is 0 Å². The number of rotatable bonds is 6. The minimum absolute atomic E-state index is 0.0146. The van der Waals surface area contributed by atoms with Gasteiger partial charge in [0.2, 0.25) is 0 Å². The Morgan fingerprint density at radius 3 is 2.48 bits per heavy atom. The van der Waals surface area contributed by atoms with Crippen LogP contribution in [0.3, 0.4) is 0 Å². The van der Waals surface area contributed by atoms with Crippen LogP contribution in [0.5, 0.6) is 0 Å². The number of hydrogen-bond donors (Lipinski definition) is 2. The van der Waals surface area contributed by atoms with Gasteiger partial charge in [-0.2, -0.15) is 9.61 Å². The summed E-state index contributed by atoms with van der Waals surface area (Å²) < 4.78 is 1.85. The van der Waals surface area contributed by atoms with Crippen molar-refractivity contribution in [2.24, 2.45) is 0 Å². The molecule has 0 saturated carbocycles. The van der Waals surface area contributed by atoms with Gasteiger partial charge in [-0.05, 0) is 31.7 Å². The van der Waals surface area contributed by atoms with Crippen molar-refractivity contribution in [1.29, 1.82) is 0 Å². The maximum absolute atomic E-state index is 9.52. The van der Waals surface area contributed by atoms with E-state index in [1.54, 1.807) is 0 Å². The number of nitrogens with one attached hydrogen (secondary N) is 1. The van der Waals surface area contributed by atoms with Crippen molar-refractivity contribution in [2.45, 2.75) is 46.1 Å². The van der Waals surface area contributed by atoms with Crippen molar-refractivity contribution in [3.8, 4) is 0 Å². The van der Waals surface area contributed by atoms with Crippen LogP contribution in [-0.4, -0.2) is 26.3 Å². The fourth-order valence-corrected chi connectivity index (χ4v) is 2.94. The van der Waals surface area contributed by atoms with Crippen LogP contribution in [0, 0.1) is 13.8 Å². The van der Waals surface area contributed by atoms with Gasteiger partial charge >= 0.3 is 0 Å². The van der Waals surface area contributed by atoms with E-state index < -0.39 is 0 Å². The maximum Gasteiger partial charge on any atom is 0.157 e. The third-order valence-electron chi connectivity index (χ3n) is 4.38. The molecule has 3 aromatic rings. The Hall–Kier alpha value is -2.40. The zero-order valence-electron chi connectivity index (χ0n) is 15.3. The fraction of sp³-hybridized carbons (Fsp3) is 0.400. The molecule has 2 N–H and O–H groups in total.